The van der Waals surface area contributed by atoms with E-state index in [1.54, 1.807) is 6.20 Å². The van der Waals surface area contributed by atoms with Gasteiger partial charge in [-0.2, -0.15) is 0 Å². The molecule has 4 fully saturated rings. The number of imidazole rings is 1. The van der Waals surface area contributed by atoms with Crippen LogP contribution in [0.4, 0.5) is 0 Å². The number of carbonyl (C=O) groups is 3. The van der Waals surface area contributed by atoms with E-state index >= 15 is 0 Å². The van der Waals surface area contributed by atoms with Crippen LogP contribution in [0.5, 0.6) is 0 Å². The van der Waals surface area contributed by atoms with Gasteiger partial charge in [-0.1, -0.05) is 54.0 Å². The minimum Gasteiger partial charge on any atom is -0.469 e. The normalized spacial score (nSPS) is 45.3. The number of fused-ring (bicyclic) bond motifs is 7. The minimum absolute atomic E-state index is 0.0174. The van der Waals surface area contributed by atoms with Crippen molar-refractivity contribution in [2.75, 3.05) is 7.11 Å². The van der Waals surface area contributed by atoms with Crippen molar-refractivity contribution in [3.8, 4) is 0 Å². The van der Waals surface area contributed by atoms with Crippen LogP contribution in [0.1, 0.15) is 99.2 Å². The van der Waals surface area contributed by atoms with Crippen molar-refractivity contribution in [2.45, 2.75) is 100 Å². The van der Waals surface area contributed by atoms with E-state index in [-0.39, 0.29) is 51.5 Å². The summed E-state index contributed by atoms with van der Waals surface area (Å²) in [6.45, 7) is 17.8. The number of carbonyl (C=O) groups excluding carboxylic acids is 3. The monoisotopic (exact) mass is 574 g/mol. The molecule has 42 heavy (non-hydrogen) atoms. The van der Waals surface area contributed by atoms with E-state index in [2.05, 4.69) is 53.5 Å². The molecule has 6 nitrogen and oxygen atoms in total. The van der Waals surface area contributed by atoms with Crippen LogP contribution in [-0.2, 0) is 19.1 Å². The van der Waals surface area contributed by atoms with Gasteiger partial charge in [0.25, 0.3) is 0 Å². The van der Waals surface area contributed by atoms with E-state index in [0.717, 1.165) is 49.9 Å². The van der Waals surface area contributed by atoms with Gasteiger partial charge in [-0.05, 0) is 97.9 Å². The van der Waals surface area contributed by atoms with Crippen molar-refractivity contribution in [3.05, 3.63) is 35.4 Å². The van der Waals surface area contributed by atoms with Gasteiger partial charge in [0.05, 0.1) is 12.5 Å². The highest BCUT2D eigenvalue weighted by Crippen LogP contribution is 2.75. The molecule has 0 N–H and O–H groups in total. The standard InChI is InChI=1S/C36H50N2O4/c1-21-10-13-36(31(41)42-9)15-14-34(7)25(28(36)22(21)2)18-26(39)29-33(6)19-24(20-38-17-16-37-23(38)3)30(40)32(4,5)27(33)11-12-35(29,34)8/h16-18,20-22,27-29H,10-15,19H2,1-9H3/b24-20-/t21-,22+,27+,28+,29-,33+,34-,35-,36+/m1/s1. The molecule has 0 spiro atoms. The fourth-order valence-electron chi connectivity index (χ4n) is 11.5. The van der Waals surface area contributed by atoms with Crippen LogP contribution >= 0.6 is 0 Å². The number of ketones is 2. The van der Waals surface area contributed by atoms with Gasteiger partial charge >= 0.3 is 5.97 Å². The van der Waals surface area contributed by atoms with E-state index in [1.165, 1.54) is 12.7 Å². The molecule has 9 atom stereocenters. The number of Topliss-reactive ketones (excluding diaryl/α,β-unsaturated/α-hetero) is 1. The summed E-state index contributed by atoms with van der Waals surface area (Å²) in [5.74, 6) is 1.85. The number of nitrogens with zero attached hydrogens (tertiary/aromatic N) is 2. The number of aromatic nitrogens is 2. The first-order valence-electron chi connectivity index (χ1n) is 16.2. The van der Waals surface area contributed by atoms with Gasteiger partial charge < -0.3 is 9.30 Å². The number of esters is 1. The van der Waals surface area contributed by atoms with Crippen LogP contribution in [0.25, 0.3) is 6.20 Å². The number of rotatable bonds is 2. The number of ether oxygens (including phenoxy) is 1. The zero-order chi connectivity index (χ0) is 30.6. The quantitative estimate of drug-likeness (QED) is 0.275. The maximum absolute atomic E-state index is 14.8. The smallest absolute Gasteiger partial charge is 0.312 e. The zero-order valence-electron chi connectivity index (χ0n) is 27.2. The number of hydrogen-bond acceptors (Lipinski definition) is 5. The average Bonchev–Trinajstić information content (AvgIpc) is 3.33. The Bertz CT molecular complexity index is 1420. The van der Waals surface area contributed by atoms with Gasteiger partial charge in [-0.15, -0.1) is 0 Å². The van der Waals surface area contributed by atoms with Gasteiger partial charge in [0.2, 0.25) is 0 Å². The second-order valence-corrected chi connectivity index (χ2v) is 16.0. The molecule has 0 saturated heterocycles. The molecule has 5 aliphatic rings. The van der Waals surface area contributed by atoms with E-state index in [0.29, 0.717) is 18.3 Å². The largest absolute Gasteiger partial charge is 0.469 e. The van der Waals surface area contributed by atoms with Crippen molar-refractivity contribution in [1.82, 2.24) is 9.55 Å². The molecule has 6 rings (SSSR count). The zero-order valence-corrected chi connectivity index (χ0v) is 27.2. The molecule has 1 heterocycles. The molecular weight excluding hydrogens is 524 g/mol. The highest BCUT2D eigenvalue weighted by atomic mass is 16.5. The van der Waals surface area contributed by atoms with Gasteiger partial charge in [0, 0.05) is 35.5 Å². The predicted molar refractivity (Wildman–Crippen MR) is 163 cm³/mol. The van der Waals surface area contributed by atoms with Crippen LogP contribution in [-0.4, -0.2) is 34.2 Å². The summed E-state index contributed by atoms with van der Waals surface area (Å²) in [5.41, 5.74) is 0.0430. The van der Waals surface area contributed by atoms with Crippen molar-refractivity contribution < 1.29 is 19.1 Å². The summed E-state index contributed by atoms with van der Waals surface area (Å²) >= 11 is 0. The Morgan fingerprint density at radius 1 is 1.05 bits per heavy atom. The fourth-order valence-corrected chi connectivity index (χ4v) is 11.5. The molecule has 4 saturated carbocycles. The first-order valence-corrected chi connectivity index (χ1v) is 16.2. The topological polar surface area (TPSA) is 78.3 Å². The SMILES string of the molecule is COC(=O)[C@]12CC[C@@H](C)[C@H](C)[C@H]1C1=CC(=O)[C@@H]3[C@@]4(C)C/C(=C/n5ccnc5C)C(=O)C(C)(C)[C@@H]4CC[C@@]3(C)[C@]1(C)CC2. The van der Waals surface area contributed by atoms with Crippen molar-refractivity contribution >= 4 is 23.7 Å². The van der Waals surface area contributed by atoms with Gasteiger partial charge in [0.1, 0.15) is 5.82 Å². The molecule has 0 aromatic carbocycles. The summed E-state index contributed by atoms with van der Waals surface area (Å²) in [6, 6.07) is 0. The van der Waals surface area contributed by atoms with Crippen LogP contribution in [0.15, 0.2) is 29.6 Å². The number of allylic oxidation sites excluding steroid dienone is 3. The maximum Gasteiger partial charge on any atom is 0.312 e. The Morgan fingerprint density at radius 3 is 2.40 bits per heavy atom. The van der Waals surface area contributed by atoms with Crippen LogP contribution in [0, 0.1) is 63.6 Å². The fraction of sp³-hybridized carbons (Fsp3) is 0.722. The molecule has 6 heteroatoms. The molecular formula is C36H50N2O4. The number of methoxy groups -OCH3 is 1. The molecule has 5 aliphatic carbocycles. The van der Waals surface area contributed by atoms with E-state index in [1.807, 2.05) is 30.0 Å². The van der Waals surface area contributed by atoms with Crippen LogP contribution in [0.3, 0.4) is 0 Å². The average molecular weight is 575 g/mol. The molecule has 228 valence electrons. The molecule has 0 radical (unpaired) electrons. The van der Waals surface area contributed by atoms with Crippen molar-refractivity contribution in [2.24, 2.45) is 56.7 Å². The Kier molecular flexibility index (Phi) is 6.51. The van der Waals surface area contributed by atoms with E-state index < -0.39 is 10.8 Å². The summed E-state index contributed by atoms with van der Waals surface area (Å²) in [5, 5.41) is 0. The first kappa shape index (κ1) is 29.6. The molecule has 0 amide bonds. The lowest BCUT2D eigenvalue weighted by Crippen LogP contribution is -2.67. The van der Waals surface area contributed by atoms with Gasteiger partial charge in [-0.3, -0.25) is 14.4 Å². The number of aryl methyl sites for hydroxylation is 1. The molecule has 0 unspecified atom stereocenters. The highest BCUT2D eigenvalue weighted by molar-refractivity contribution is 6.04. The lowest BCUT2D eigenvalue weighted by Gasteiger charge is -2.70. The molecule has 0 bridgehead atoms. The second-order valence-electron chi connectivity index (χ2n) is 16.0. The Hall–Kier alpha value is -2.50. The summed E-state index contributed by atoms with van der Waals surface area (Å²) in [4.78, 5) is 46.7. The second kappa shape index (κ2) is 9.25. The van der Waals surface area contributed by atoms with E-state index in [4.69, 9.17) is 4.74 Å². The number of hydrogen-bond donors (Lipinski definition) is 0. The van der Waals surface area contributed by atoms with E-state index in [9.17, 15) is 14.4 Å². The molecule has 1 aromatic rings. The van der Waals surface area contributed by atoms with Crippen LogP contribution in [0.2, 0.25) is 0 Å². The van der Waals surface area contributed by atoms with Crippen LogP contribution < -0.4 is 0 Å². The summed E-state index contributed by atoms with van der Waals surface area (Å²) in [6.07, 6.45) is 13.6. The van der Waals surface area contributed by atoms with Crippen molar-refractivity contribution in [1.29, 1.82) is 0 Å². The Labute approximate surface area is 251 Å². The predicted octanol–water partition coefficient (Wildman–Crippen LogP) is 7.22. The third-order valence-electron chi connectivity index (χ3n) is 14.1. The Morgan fingerprint density at radius 2 is 1.76 bits per heavy atom. The Balaban J connectivity index is 1.50. The first-order chi connectivity index (χ1) is 19.6. The summed E-state index contributed by atoms with van der Waals surface area (Å²) in [7, 11) is 1.52. The third kappa shape index (κ3) is 3.56. The lowest BCUT2D eigenvalue weighted by atomic mass is 9.33. The van der Waals surface area contributed by atoms with Gasteiger partial charge in [0.15, 0.2) is 11.6 Å². The maximum atomic E-state index is 14.8. The van der Waals surface area contributed by atoms with Gasteiger partial charge in [-0.25, -0.2) is 4.98 Å². The molecule has 1 aromatic heterocycles. The molecule has 0 aliphatic heterocycles. The highest BCUT2D eigenvalue weighted by Gasteiger charge is 2.72. The lowest BCUT2D eigenvalue weighted by molar-refractivity contribution is -0.189. The third-order valence-corrected chi connectivity index (χ3v) is 14.1. The summed E-state index contributed by atoms with van der Waals surface area (Å²) < 4.78 is 7.43. The van der Waals surface area contributed by atoms with Crippen molar-refractivity contribution in [3.63, 3.8) is 0 Å². The minimum atomic E-state index is -0.570.